The lowest BCUT2D eigenvalue weighted by molar-refractivity contribution is -0.0287. The molecule has 3 aromatic rings. The topological polar surface area (TPSA) is 86.1 Å². The SMILES string of the molecule is COc1cc(C(=O)N2CCC(O)(Cn3c(C)cc4ccncc43)CC2)cc(OC)c1OC. The minimum atomic E-state index is -0.890. The number of benzene rings is 1. The van der Waals surface area contributed by atoms with Gasteiger partial charge < -0.3 is 28.8 Å². The van der Waals surface area contributed by atoms with Gasteiger partial charge in [0.1, 0.15) is 0 Å². The Morgan fingerprint density at radius 1 is 1.09 bits per heavy atom. The minimum absolute atomic E-state index is 0.127. The van der Waals surface area contributed by atoms with E-state index in [9.17, 15) is 9.90 Å². The molecule has 0 bridgehead atoms. The van der Waals surface area contributed by atoms with E-state index < -0.39 is 5.60 Å². The van der Waals surface area contributed by atoms with Crippen molar-refractivity contribution in [1.29, 1.82) is 0 Å². The van der Waals surface area contributed by atoms with Gasteiger partial charge in [0.05, 0.1) is 45.2 Å². The maximum absolute atomic E-state index is 13.2. The Labute approximate surface area is 187 Å². The van der Waals surface area contributed by atoms with Crippen LogP contribution < -0.4 is 14.2 Å². The Kier molecular flexibility index (Phi) is 5.97. The molecule has 8 nitrogen and oxygen atoms in total. The van der Waals surface area contributed by atoms with Gasteiger partial charge in [0.2, 0.25) is 5.75 Å². The molecular formula is C24H29N3O5. The standard InChI is InChI=1S/C24H29N3O5/c1-16-11-17-5-8-25-14-19(17)27(16)15-24(29)6-9-26(10-7-24)23(28)18-12-20(30-2)22(32-4)21(13-18)31-3/h5,8,11-14,29H,6-7,9-10,15H2,1-4H3. The number of carbonyl (C=O) groups is 1. The van der Waals surface area contributed by atoms with Crippen molar-refractivity contribution in [1.82, 2.24) is 14.5 Å². The number of methoxy groups -OCH3 is 3. The van der Waals surface area contributed by atoms with Crippen LogP contribution in [0.25, 0.3) is 10.9 Å². The maximum atomic E-state index is 13.2. The van der Waals surface area contributed by atoms with Crippen molar-refractivity contribution in [2.75, 3.05) is 34.4 Å². The van der Waals surface area contributed by atoms with Gasteiger partial charge in [-0.2, -0.15) is 0 Å². The van der Waals surface area contributed by atoms with E-state index in [0.717, 1.165) is 16.6 Å². The summed E-state index contributed by atoms with van der Waals surface area (Å²) in [6.45, 7) is 3.43. The second-order valence-electron chi connectivity index (χ2n) is 8.24. The number of aliphatic hydroxyl groups is 1. The number of ether oxygens (including phenoxy) is 3. The van der Waals surface area contributed by atoms with Crippen LogP contribution in [0.1, 0.15) is 28.9 Å². The lowest BCUT2D eigenvalue weighted by Gasteiger charge is -2.39. The minimum Gasteiger partial charge on any atom is -0.493 e. The second kappa shape index (κ2) is 8.70. The van der Waals surface area contributed by atoms with Crippen molar-refractivity contribution in [3.05, 3.63) is 47.9 Å². The second-order valence-corrected chi connectivity index (χ2v) is 8.24. The van der Waals surface area contributed by atoms with Crippen LogP contribution in [0.4, 0.5) is 0 Å². The zero-order valence-electron chi connectivity index (χ0n) is 18.9. The monoisotopic (exact) mass is 439 g/mol. The summed E-state index contributed by atoms with van der Waals surface area (Å²) in [5.41, 5.74) is 1.66. The van der Waals surface area contributed by atoms with Crippen LogP contribution in [-0.2, 0) is 6.54 Å². The number of carbonyl (C=O) groups excluding carboxylic acids is 1. The van der Waals surface area contributed by atoms with Crippen LogP contribution in [0.15, 0.2) is 36.7 Å². The normalized spacial score (nSPS) is 15.6. The van der Waals surface area contributed by atoms with Gasteiger partial charge in [0.25, 0.3) is 5.91 Å². The lowest BCUT2D eigenvalue weighted by Crippen LogP contribution is -2.48. The third-order valence-corrected chi connectivity index (χ3v) is 6.26. The number of aromatic nitrogens is 2. The van der Waals surface area contributed by atoms with Crippen molar-refractivity contribution in [3.8, 4) is 17.2 Å². The van der Waals surface area contributed by atoms with Gasteiger partial charge in [0.15, 0.2) is 11.5 Å². The third kappa shape index (κ3) is 3.98. The molecule has 0 unspecified atom stereocenters. The van der Waals surface area contributed by atoms with Crippen LogP contribution >= 0.6 is 0 Å². The van der Waals surface area contributed by atoms with Crippen LogP contribution in [0.2, 0.25) is 0 Å². The average Bonchev–Trinajstić information content (AvgIpc) is 3.12. The Bertz CT molecular complexity index is 1110. The zero-order valence-corrected chi connectivity index (χ0v) is 18.9. The maximum Gasteiger partial charge on any atom is 0.254 e. The Morgan fingerprint density at radius 2 is 1.75 bits per heavy atom. The fourth-order valence-corrected chi connectivity index (χ4v) is 4.41. The number of aryl methyl sites for hydroxylation is 1. The molecule has 1 saturated heterocycles. The number of amides is 1. The van der Waals surface area contributed by atoms with E-state index in [4.69, 9.17) is 14.2 Å². The van der Waals surface area contributed by atoms with Gasteiger partial charge in [-0.25, -0.2) is 0 Å². The lowest BCUT2D eigenvalue weighted by atomic mass is 9.90. The Balaban J connectivity index is 1.49. The summed E-state index contributed by atoms with van der Waals surface area (Å²) in [5.74, 6) is 1.20. The van der Waals surface area contributed by atoms with Gasteiger partial charge in [-0.1, -0.05) is 0 Å². The summed E-state index contributed by atoms with van der Waals surface area (Å²) >= 11 is 0. The highest BCUT2D eigenvalue weighted by Crippen LogP contribution is 2.39. The summed E-state index contributed by atoms with van der Waals surface area (Å²) in [4.78, 5) is 19.2. The van der Waals surface area contributed by atoms with Crippen molar-refractivity contribution in [2.45, 2.75) is 31.9 Å². The molecule has 3 heterocycles. The first-order valence-electron chi connectivity index (χ1n) is 10.6. The summed E-state index contributed by atoms with van der Waals surface area (Å²) in [5, 5.41) is 12.4. The van der Waals surface area contributed by atoms with E-state index in [1.807, 2.05) is 19.2 Å². The van der Waals surface area contributed by atoms with Gasteiger partial charge >= 0.3 is 0 Å². The number of piperidine rings is 1. The first kappa shape index (κ1) is 22.0. The summed E-state index contributed by atoms with van der Waals surface area (Å²) < 4.78 is 18.2. The van der Waals surface area contributed by atoms with E-state index >= 15 is 0 Å². The summed E-state index contributed by atoms with van der Waals surface area (Å²) in [6, 6.07) is 7.39. The average molecular weight is 440 g/mol. The van der Waals surface area contributed by atoms with E-state index in [-0.39, 0.29) is 5.91 Å². The van der Waals surface area contributed by atoms with Crippen LogP contribution in [0, 0.1) is 6.92 Å². The number of fused-ring (bicyclic) bond motifs is 1. The van der Waals surface area contributed by atoms with E-state index in [2.05, 4.69) is 15.6 Å². The van der Waals surface area contributed by atoms with E-state index in [0.29, 0.717) is 55.3 Å². The smallest absolute Gasteiger partial charge is 0.254 e. The van der Waals surface area contributed by atoms with Gasteiger partial charge in [-0.05, 0) is 44.0 Å². The highest BCUT2D eigenvalue weighted by atomic mass is 16.5. The molecule has 170 valence electrons. The van der Waals surface area contributed by atoms with E-state index in [1.165, 1.54) is 21.3 Å². The molecule has 1 aliphatic heterocycles. The highest BCUT2D eigenvalue weighted by Gasteiger charge is 2.35. The summed E-state index contributed by atoms with van der Waals surface area (Å²) in [7, 11) is 4.57. The molecule has 8 heteroatoms. The molecule has 1 aliphatic rings. The first-order chi connectivity index (χ1) is 15.4. The highest BCUT2D eigenvalue weighted by molar-refractivity contribution is 5.95. The van der Waals surface area contributed by atoms with Crippen LogP contribution in [0.5, 0.6) is 17.2 Å². The van der Waals surface area contributed by atoms with Gasteiger partial charge in [-0.15, -0.1) is 0 Å². The molecule has 0 atom stereocenters. The number of hydrogen-bond acceptors (Lipinski definition) is 6. The number of hydrogen-bond donors (Lipinski definition) is 1. The zero-order chi connectivity index (χ0) is 22.9. The Hall–Kier alpha value is -3.26. The van der Waals surface area contributed by atoms with Crippen molar-refractivity contribution in [3.63, 3.8) is 0 Å². The predicted octanol–water partition coefficient (Wildman–Crippen LogP) is 3.04. The molecule has 4 rings (SSSR count). The van der Waals surface area contributed by atoms with Crippen LogP contribution in [0.3, 0.4) is 0 Å². The molecular weight excluding hydrogens is 410 g/mol. The molecule has 2 aromatic heterocycles. The molecule has 0 spiro atoms. The quantitative estimate of drug-likeness (QED) is 0.635. The fraction of sp³-hybridized carbons (Fsp3) is 0.417. The molecule has 1 amide bonds. The van der Waals surface area contributed by atoms with Gasteiger partial charge in [-0.3, -0.25) is 9.78 Å². The third-order valence-electron chi connectivity index (χ3n) is 6.26. The molecule has 32 heavy (non-hydrogen) atoms. The molecule has 1 N–H and O–H groups in total. The largest absolute Gasteiger partial charge is 0.493 e. The fourth-order valence-electron chi connectivity index (χ4n) is 4.41. The van der Waals surface area contributed by atoms with Crippen molar-refractivity contribution >= 4 is 16.8 Å². The summed E-state index contributed by atoms with van der Waals surface area (Å²) in [6.07, 6.45) is 4.58. The molecule has 0 aliphatic carbocycles. The molecule has 1 aromatic carbocycles. The van der Waals surface area contributed by atoms with Crippen LogP contribution in [-0.4, -0.2) is 65.5 Å². The number of nitrogens with zero attached hydrogens (tertiary/aromatic N) is 3. The molecule has 1 fully saturated rings. The van der Waals surface area contributed by atoms with Crippen molar-refractivity contribution in [2.24, 2.45) is 0 Å². The number of rotatable bonds is 6. The van der Waals surface area contributed by atoms with Crippen molar-refractivity contribution < 1.29 is 24.1 Å². The predicted molar refractivity (Wildman–Crippen MR) is 121 cm³/mol. The number of pyridine rings is 1. The number of likely N-dealkylation sites (tertiary alicyclic amines) is 1. The molecule has 0 radical (unpaired) electrons. The first-order valence-corrected chi connectivity index (χ1v) is 10.6. The van der Waals surface area contributed by atoms with E-state index in [1.54, 1.807) is 23.2 Å². The Morgan fingerprint density at radius 3 is 2.34 bits per heavy atom. The molecule has 0 saturated carbocycles. The van der Waals surface area contributed by atoms with Gasteiger partial charge in [0, 0.05) is 35.9 Å².